The largest absolute Gasteiger partial charge is 0.373 e. The Morgan fingerprint density at radius 1 is 1.43 bits per heavy atom. The van der Waals surface area contributed by atoms with Gasteiger partial charge in [0.15, 0.2) is 0 Å². The lowest BCUT2D eigenvalue weighted by atomic mass is 10.3. The molecule has 0 aromatic carbocycles. The summed E-state index contributed by atoms with van der Waals surface area (Å²) in [5.74, 6) is 0.101. The predicted octanol–water partition coefficient (Wildman–Crippen LogP) is 0.247. The molecule has 0 aliphatic carbocycles. The zero-order valence-corrected chi connectivity index (χ0v) is 13.6. The molecule has 1 aliphatic rings. The molecule has 0 spiro atoms. The van der Waals surface area contributed by atoms with Crippen LogP contribution in [-0.4, -0.2) is 60.5 Å². The summed E-state index contributed by atoms with van der Waals surface area (Å²) in [6, 6.07) is 0. The van der Waals surface area contributed by atoms with E-state index in [4.69, 9.17) is 4.74 Å². The van der Waals surface area contributed by atoms with Crippen molar-refractivity contribution >= 4 is 10.0 Å². The third-order valence-electron chi connectivity index (χ3n) is 3.57. The van der Waals surface area contributed by atoms with Crippen LogP contribution in [-0.2, 0) is 21.3 Å². The zero-order chi connectivity index (χ0) is 15.5. The smallest absolute Gasteiger partial charge is 0.215 e. The van der Waals surface area contributed by atoms with Crippen LogP contribution in [0.1, 0.15) is 25.1 Å². The highest BCUT2D eigenvalue weighted by atomic mass is 32.2. The summed E-state index contributed by atoms with van der Waals surface area (Å²) < 4.78 is 31.7. The summed E-state index contributed by atoms with van der Waals surface area (Å²) in [4.78, 5) is 0. The van der Waals surface area contributed by atoms with Crippen molar-refractivity contribution in [3.05, 3.63) is 17.5 Å². The molecule has 8 heteroatoms. The zero-order valence-electron chi connectivity index (χ0n) is 12.8. The number of H-pyrrole nitrogens is 1. The Bertz CT molecular complexity index is 548. The first-order chi connectivity index (χ1) is 9.88. The average Bonchev–Trinajstić information content (AvgIpc) is 2.79. The second-order valence-corrected chi connectivity index (χ2v) is 7.68. The Kier molecular flexibility index (Phi) is 5.37. The van der Waals surface area contributed by atoms with E-state index < -0.39 is 10.0 Å². The lowest BCUT2D eigenvalue weighted by molar-refractivity contribution is -0.0440. The normalized spacial score (nSPS) is 24.3. The van der Waals surface area contributed by atoms with Crippen molar-refractivity contribution in [2.75, 3.05) is 25.4 Å². The predicted molar refractivity (Wildman–Crippen MR) is 80.4 cm³/mol. The quantitative estimate of drug-likeness (QED) is 0.735. The minimum Gasteiger partial charge on any atom is -0.373 e. The molecule has 0 unspecified atom stereocenters. The van der Waals surface area contributed by atoms with Gasteiger partial charge in [0.05, 0.1) is 24.2 Å². The monoisotopic (exact) mass is 316 g/mol. The van der Waals surface area contributed by atoms with Gasteiger partial charge in [-0.2, -0.15) is 9.40 Å². The Labute approximate surface area is 126 Å². The van der Waals surface area contributed by atoms with Crippen LogP contribution < -0.4 is 5.32 Å². The summed E-state index contributed by atoms with van der Waals surface area (Å²) in [7, 11) is -3.23. The molecular formula is C13H24N4O3S. The number of sulfonamides is 1. The lowest BCUT2D eigenvalue weighted by Crippen LogP contribution is -2.49. The molecule has 1 fully saturated rings. The molecule has 1 aromatic rings. The van der Waals surface area contributed by atoms with Crippen molar-refractivity contribution in [3.63, 3.8) is 0 Å². The van der Waals surface area contributed by atoms with Gasteiger partial charge in [-0.15, -0.1) is 0 Å². The van der Waals surface area contributed by atoms with Gasteiger partial charge in [0.2, 0.25) is 10.0 Å². The van der Waals surface area contributed by atoms with Crippen LogP contribution in [0.3, 0.4) is 0 Å². The minimum atomic E-state index is -3.23. The molecule has 21 heavy (non-hydrogen) atoms. The second-order valence-electron chi connectivity index (χ2n) is 5.59. The number of aromatic nitrogens is 2. The van der Waals surface area contributed by atoms with Crippen LogP contribution in [0.2, 0.25) is 0 Å². The molecule has 0 radical (unpaired) electrons. The van der Waals surface area contributed by atoms with Gasteiger partial charge in [-0.1, -0.05) is 0 Å². The van der Waals surface area contributed by atoms with Crippen LogP contribution in [0.15, 0.2) is 6.20 Å². The molecule has 7 nitrogen and oxygen atoms in total. The fraction of sp³-hybridized carbons (Fsp3) is 0.769. The van der Waals surface area contributed by atoms with Crippen molar-refractivity contribution in [3.8, 4) is 0 Å². The number of aromatic amines is 1. The summed E-state index contributed by atoms with van der Waals surface area (Å²) in [5.41, 5.74) is 2.06. The average molecular weight is 316 g/mol. The minimum absolute atomic E-state index is 0.0509. The first kappa shape index (κ1) is 16.4. The maximum absolute atomic E-state index is 12.3. The van der Waals surface area contributed by atoms with E-state index in [1.165, 1.54) is 4.31 Å². The Balaban J connectivity index is 1.80. The fourth-order valence-corrected chi connectivity index (χ4v) is 4.00. The van der Waals surface area contributed by atoms with Gasteiger partial charge in [-0.3, -0.25) is 5.10 Å². The van der Waals surface area contributed by atoms with E-state index in [1.807, 2.05) is 20.8 Å². The van der Waals surface area contributed by atoms with Crippen molar-refractivity contribution < 1.29 is 13.2 Å². The van der Waals surface area contributed by atoms with Gasteiger partial charge < -0.3 is 10.1 Å². The molecule has 1 saturated heterocycles. The topological polar surface area (TPSA) is 87.3 Å². The molecule has 2 heterocycles. The third kappa shape index (κ3) is 4.50. The Morgan fingerprint density at radius 3 is 2.67 bits per heavy atom. The number of hydrogen-bond donors (Lipinski definition) is 2. The van der Waals surface area contributed by atoms with Gasteiger partial charge in [0, 0.05) is 37.4 Å². The SMILES string of the molecule is Cc1[nH]ncc1CNCCS(=O)(=O)N1C[C@H](C)O[C@@H](C)C1. The summed E-state index contributed by atoms with van der Waals surface area (Å²) in [6.45, 7) is 7.66. The van der Waals surface area contributed by atoms with Crippen molar-refractivity contribution in [2.24, 2.45) is 0 Å². The molecule has 0 saturated carbocycles. The number of morpholine rings is 1. The first-order valence-corrected chi connectivity index (χ1v) is 8.82. The molecule has 2 atom stereocenters. The van der Waals surface area contributed by atoms with Gasteiger partial charge in [0.25, 0.3) is 0 Å². The summed E-state index contributed by atoms with van der Waals surface area (Å²) in [6.07, 6.45) is 1.65. The highest BCUT2D eigenvalue weighted by Gasteiger charge is 2.30. The highest BCUT2D eigenvalue weighted by molar-refractivity contribution is 7.89. The fourth-order valence-electron chi connectivity index (χ4n) is 2.47. The number of ether oxygens (including phenoxy) is 1. The van der Waals surface area contributed by atoms with E-state index in [-0.39, 0.29) is 18.0 Å². The van der Waals surface area contributed by atoms with Crippen LogP contribution in [0, 0.1) is 6.92 Å². The van der Waals surface area contributed by atoms with E-state index in [0.717, 1.165) is 11.3 Å². The summed E-state index contributed by atoms with van der Waals surface area (Å²) in [5, 5.41) is 9.94. The van der Waals surface area contributed by atoms with Gasteiger partial charge >= 0.3 is 0 Å². The van der Waals surface area contributed by atoms with Crippen molar-refractivity contribution in [1.29, 1.82) is 0 Å². The number of aryl methyl sites for hydroxylation is 1. The standard InChI is InChI=1S/C13H24N4O3S/c1-10-8-17(9-11(2)20-10)21(18,19)5-4-14-6-13-7-15-16-12(13)3/h7,10-11,14H,4-6,8-9H2,1-3H3,(H,15,16)/t10-,11-/m0/s1. The van der Waals surface area contributed by atoms with Crippen LogP contribution in [0.25, 0.3) is 0 Å². The summed E-state index contributed by atoms with van der Waals surface area (Å²) >= 11 is 0. The van der Waals surface area contributed by atoms with Crippen molar-refractivity contribution in [1.82, 2.24) is 19.8 Å². The van der Waals surface area contributed by atoms with E-state index in [1.54, 1.807) is 6.20 Å². The van der Waals surface area contributed by atoms with Crippen LogP contribution in [0.5, 0.6) is 0 Å². The van der Waals surface area contributed by atoms with Crippen LogP contribution >= 0.6 is 0 Å². The number of hydrogen-bond acceptors (Lipinski definition) is 5. The number of rotatable bonds is 6. The molecule has 2 rings (SSSR count). The van der Waals surface area contributed by atoms with E-state index >= 15 is 0 Å². The molecular weight excluding hydrogens is 292 g/mol. The van der Waals surface area contributed by atoms with Gasteiger partial charge in [-0.05, 0) is 20.8 Å². The molecule has 2 N–H and O–H groups in total. The molecule has 0 bridgehead atoms. The van der Waals surface area contributed by atoms with Crippen LogP contribution in [0.4, 0.5) is 0 Å². The van der Waals surface area contributed by atoms with E-state index in [9.17, 15) is 8.42 Å². The Hall–Kier alpha value is -0.960. The number of nitrogens with zero attached hydrogens (tertiary/aromatic N) is 2. The van der Waals surface area contributed by atoms with Gasteiger partial charge in [-0.25, -0.2) is 8.42 Å². The molecule has 1 aliphatic heterocycles. The lowest BCUT2D eigenvalue weighted by Gasteiger charge is -2.34. The molecule has 0 amide bonds. The van der Waals surface area contributed by atoms with Crippen molar-refractivity contribution in [2.45, 2.75) is 39.5 Å². The number of nitrogens with one attached hydrogen (secondary N) is 2. The molecule has 120 valence electrons. The molecule has 1 aromatic heterocycles. The first-order valence-electron chi connectivity index (χ1n) is 7.21. The maximum atomic E-state index is 12.3. The van der Waals surface area contributed by atoms with E-state index in [0.29, 0.717) is 26.2 Å². The highest BCUT2D eigenvalue weighted by Crippen LogP contribution is 2.14. The Morgan fingerprint density at radius 2 is 2.10 bits per heavy atom. The third-order valence-corrected chi connectivity index (χ3v) is 5.37. The maximum Gasteiger partial charge on any atom is 0.215 e. The second kappa shape index (κ2) is 6.87. The van der Waals surface area contributed by atoms with Gasteiger partial charge in [0.1, 0.15) is 0 Å². The van der Waals surface area contributed by atoms with E-state index in [2.05, 4.69) is 15.5 Å².